The van der Waals surface area contributed by atoms with Crippen LogP contribution in [0.2, 0.25) is 16.6 Å². The first-order valence-corrected chi connectivity index (χ1v) is 22.0. The second-order valence-electron chi connectivity index (χ2n) is 14.6. The number of aromatic nitrogens is 1. The van der Waals surface area contributed by atoms with Gasteiger partial charge in [0.25, 0.3) is 10.0 Å². The summed E-state index contributed by atoms with van der Waals surface area (Å²) in [4.78, 5) is 0.472. The summed E-state index contributed by atoms with van der Waals surface area (Å²) in [5, 5.41) is 0.861. The van der Waals surface area contributed by atoms with Crippen molar-refractivity contribution in [3.8, 4) is 0 Å². The molecule has 1 unspecified atom stereocenters. The van der Waals surface area contributed by atoms with E-state index in [-0.39, 0.29) is 22.3 Å². The lowest BCUT2D eigenvalue weighted by Gasteiger charge is -2.45. The minimum absolute atomic E-state index is 0.171. The molecule has 0 bridgehead atoms. The van der Waals surface area contributed by atoms with E-state index in [2.05, 4.69) is 47.6 Å². The van der Waals surface area contributed by atoms with Crippen molar-refractivity contribution < 1.29 is 21.3 Å². The molecule has 0 saturated heterocycles. The third-order valence-electron chi connectivity index (χ3n) is 10.6. The molecule has 0 saturated carbocycles. The standard InChI is InChI=1S/C38H48N2O5S2Si/c1-25(2)48(26(3)4,27(5)6)45-24-30-20-35-34-10-9-11-36-38(34)31(23-40(36)47(43,44)33-18-14-29(8)15-19-33)21-37(35)39(22-30)46(41,42)32-16-12-28(7)13-17-32/h9-20,23,25-27,30,37H,21-22,24H2,1-8H3/t30?,37-/m1/s1. The summed E-state index contributed by atoms with van der Waals surface area (Å²) in [6.07, 6.45) is 4.28. The molecule has 1 aliphatic heterocycles. The monoisotopic (exact) mass is 704 g/mol. The van der Waals surface area contributed by atoms with Gasteiger partial charge in [0.15, 0.2) is 8.32 Å². The summed E-state index contributed by atoms with van der Waals surface area (Å²) in [6.45, 7) is 18.1. The van der Waals surface area contributed by atoms with Crippen LogP contribution in [0.25, 0.3) is 16.5 Å². The first-order valence-electron chi connectivity index (χ1n) is 17.0. The summed E-state index contributed by atoms with van der Waals surface area (Å²) < 4.78 is 67.1. The van der Waals surface area contributed by atoms with Crippen LogP contribution in [0.1, 0.15) is 63.8 Å². The molecule has 3 aromatic carbocycles. The maximum absolute atomic E-state index is 14.5. The number of hydrogen-bond donors (Lipinski definition) is 0. The second-order valence-corrected chi connectivity index (χ2v) is 23.8. The highest BCUT2D eigenvalue weighted by Gasteiger charge is 2.47. The summed E-state index contributed by atoms with van der Waals surface area (Å²) in [7, 11) is -10.0. The van der Waals surface area contributed by atoms with Crippen molar-refractivity contribution >= 4 is 44.8 Å². The van der Waals surface area contributed by atoms with Crippen LogP contribution < -0.4 is 0 Å². The zero-order valence-electron chi connectivity index (χ0n) is 29.3. The smallest absolute Gasteiger partial charge is 0.268 e. The molecule has 10 heteroatoms. The van der Waals surface area contributed by atoms with Crippen molar-refractivity contribution in [1.82, 2.24) is 8.28 Å². The van der Waals surface area contributed by atoms with Crippen molar-refractivity contribution in [2.45, 2.75) is 94.3 Å². The SMILES string of the molecule is Cc1ccc(S(=O)(=O)N2CC(CO[Si](C(C)C)(C(C)C)C(C)C)C=C3c4cccc5c4c(cn5S(=O)(=O)c4ccc(C)cc4)C[C@H]32)cc1. The Balaban J connectivity index is 1.49. The highest BCUT2D eigenvalue weighted by molar-refractivity contribution is 7.90. The number of aryl methyl sites for hydroxylation is 2. The second kappa shape index (κ2) is 12.7. The first kappa shape index (κ1) is 34.8. The molecule has 0 amide bonds. The number of sulfonamides is 1. The minimum Gasteiger partial charge on any atom is -0.415 e. The van der Waals surface area contributed by atoms with Crippen LogP contribution in [-0.4, -0.2) is 52.6 Å². The van der Waals surface area contributed by atoms with Gasteiger partial charge in [-0.25, -0.2) is 20.8 Å². The van der Waals surface area contributed by atoms with E-state index >= 15 is 0 Å². The molecular formula is C38H48N2O5S2Si. The number of fused-ring (bicyclic) bond motifs is 2. The van der Waals surface area contributed by atoms with Gasteiger partial charge >= 0.3 is 0 Å². The van der Waals surface area contributed by atoms with Gasteiger partial charge in [0, 0.05) is 30.7 Å². The molecule has 7 nitrogen and oxygen atoms in total. The van der Waals surface area contributed by atoms with Crippen molar-refractivity contribution in [3.05, 3.63) is 101 Å². The Morgan fingerprint density at radius 3 is 1.85 bits per heavy atom. The third kappa shape index (κ3) is 5.73. The van der Waals surface area contributed by atoms with E-state index in [9.17, 15) is 16.8 Å². The van der Waals surface area contributed by atoms with Gasteiger partial charge in [0.2, 0.25) is 10.0 Å². The maximum atomic E-state index is 14.5. The van der Waals surface area contributed by atoms with E-state index in [4.69, 9.17) is 4.43 Å². The Labute approximate surface area is 287 Å². The van der Waals surface area contributed by atoms with Crippen LogP contribution in [0, 0.1) is 19.8 Å². The Hall–Kier alpha value is -3.02. The highest BCUT2D eigenvalue weighted by atomic mass is 32.2. The fraction of sp³-hybridized carbons (Fsp3) is 0.421. The van der Waals surface area contributed by atoms with Crippen molar-refractivity contribution in [2.24, 2.45) is 5.92 Å². The summed E-state index contributed by atoms with van der Waals surface area (Å²) in [5.74, 6) is -0.171. The molecule has 2 atom stereocenters. The van der Waals surface area contributed by atoms with Crippen LogP contribution in [-0.2, 0) is 30.9 Å². The quantitative estimate of drug-likeness (QED) is 0.155. The molecular weight excluding hydrogens is 657 g/mol. The van der Waals surface area contributed by atoms with Gasteiger partial charge in [-0.05, 0) is 83.9 Å². The van der Waals surface area contributed by atoms with Gasteiger partial charge in [-0.15, -0.1) is 0 Å². The van der Waals surface area contributed by atoms with Gasteiger partial charge in [0.1, 0.15) is 0 Å². The van der Waals surface area contributed by atoms with E-state index < -0.39 is 34.4 Å². The molecule has 256 valence electrons. The molecule has 2 heterocycles. The predicted molar refractivity (Wildman–Crippen MR) is 197 cm³/mol. The zero-order chi connectivity index (χ0) is 34.8. The molecule has 0 N–H and O–H groups in total. The topological polar surface area (TPSA) is 85.7 Å². The Kier molecular flexibility index (Phi) is 9.21. The molecule has 0 radical (unpaired) electrons. The number of nitrogens with zero attached hydrogens (tertiary/aromatic N) is 2. The first-order chi connectivity index (χ1) is 22.6. The lowest BCUT2D eigenvalue weighted by Crippen LogP contribution is -2.51. The van der Waals surface area contributed by atoms with Crippen LogP contribution in [0.15, 0.2) is 88.8 Å². The van der Waals surface area contributed by atoms with E-state index in [1.807, 2.05) is 44.2 Å². The van der Waals surface area contributed by atoms with Crippen LogP contribution in [0.3, 0.4) is 0 Å². The molecule has 6 rings (SSSR count). The molecule has 0 spiro atoms. The molecule has 0 fully saturated rings. The van der Waals surface area contributed by atoms with Crippen LogP contribution in [0.4, 0.5) is 0 Å². The number of hydrogen-bond acceptors (Lipinski definition) is 5. The molecule has 1 aromatic heterocycles. The fourth-order valence-corrected chi connectivity index (χ4v) is 16.9. The van der Waals surface area contributed by atoms with Gasteiger partial charge in [0.05, 0.1) is 21.3 Å². The van der Waals surface area contributed by atoms with E-state index in [1.54, 1.807) is 46.9 Å². The van der Waals surface area contributed by atoms with E-state index in [1.165, 1.54) is 3.97 Å². The van der Waals surface area contributed by atoms with Gasteiger partial charge < -0.3 is 4.43 Å². The lowest BCUT2D eigenvalue weighted by atomic mass is 9.81. The molecule has 4 aromatic rings. The predicted octanol–water partition coefficient (Wildman–Crippen LogP) is 8.32. The average molecular weight is 705 g/mol. The third-order valence-corrected chi connectivity index (χ3v) is 20.3. The molecule has 48 heavy (non-hydrogen) atoms. The zero-order valence-corrected chi connectivity index (χ0v) is 31.9. The minimum atomic E-state index is -3.90. The normalized spacial score (nSPS) is 18.9. The lowest BCUT2D eigenvalue weighted by molar-refractivity contribution is 0.208. The maximum Gasteiger partial charge on any atom is 0.268 e. The van der Waals surface area contributed by atoms with Gasteiger partial charge in [-0.2, -0.15) is 4.31 Å². The van der Waals surface area contributed by atoms with Gasteiger partial charge in [-0.1, -0.05) is 95.1 Å². The fourth-order valence-electron chi connectivity index (χ4n) is 8.34. The Bertz CT molecular complexity index is 2060. The van der Waals surface area contributed by atoms with Gasteiger partial charge in [-0.3, -0.25) is 0 Å². The number of benzene rings is 3. The summed E-state index contributed by atoms with van der Waals surface area (Å²) in [6, 6.07) is 19.1. The largest absolute Gasteiger partial charge is 0.415 e. The average Bonchev–Trinajstić information content (AvgIpc) is 3.41. The Morgan fingerprint density at radius 1 is 0.771 bits per heavy atom. The highest BCUT2D eigenvalue weighted by Crippen LogP contribution is 2.46. The van der Waals surface area contributed by atoms with E-state index in [0.29, 0.717) is 35.2 Å². The number of rotatable bonds is 10. The molecule has 1 aliphatic carbocycles. The summed E-state index contributed by atoms with van der Waals surface area (Å²) >= 11 is 0. The molecule has 2 aliphatic rings. The summed E-state index contributed by atoms with van der Waals surface area (Å²) in [5.41, 5.74) is 6.38. The van der Waals surface area contributed by atoms with Crippen molar-refractivity contribution in [1.29, 1.82) is 0 Å². The van der Waals surface area contributed by atoms with Crippen molar-refractivity contribution in [3.63, 3.8) is 0 Å². The van der Waals surface area contributed by atoms with Crippen LogP contribution in [0.5, 0.6) is 0 Å². The van der Waals surface area contributed by atoms with Crippen molar-refractivity contribution in [2.75, 3.05) is 13.2 Å². The van der Waals surface area contributed by atoms with E-state index in [0.717, 1.165) is 33.2 Å². The Morgan fingerprint density at radius 2 is 1.31 bits per heavy atom. The van der Waals surface area contributed by atoms with Crippen LogP contribution >= 0.6 is 0 Å².